The van der Waals surface area contributed by atoms with E-state index >= 15 is 0 Å². The lowest BCUT2D eigenvalue weighted by Gasteiger charge is -2.22. The van der Waals surface area contributed by atoms with E-state index in [4.69, 9.17) is 0 Å². The minimum absolute atomic E-state index is 0.228. The fraction of sp³-hybridized carbons (Fsp3) is 0.200. The van der Waals surface area contributed by atoms with Gasteiger partial charge in [-0.15, -0.1) is 0 Å². The summed E-state index contributed by atoms with van der Waals surface area (Å²) < 4.78 is 0. The molecule has 0 radical (unpaired) electrons. The van der Waals surface area contributed by atoms with E-state index in [1.807, 2.05) is 73.7 Å². The molecule has 0 bridgehead atoms. The smallest absolute Gasteiger partial charge is 0.319 e. The number of hydrogen-bond acceptors (Lipinski definition) is 2. The maximum atomic E-state index is 12.8. The molecule has 3 amide bonds. The second-order valence-electron chi connectivity index (χ2n) is 6.15. The van der Waals surface area contributed by atoms with Crippen LogP contribution in [0.4, 0.5) is 4.79 Å². The first-order chi connectivity index (χ1) is 11.5. The Kier molecular flexibility index (Phi) is 4.21. The lowest BCUT2D eigenvalue weighted by Crippen LogP contribution is -2.40. The van der Waals surface area contributed by atoms with E-state index in [-0.39, 0.29) is 18.5 Å². The van der Waals surface area contributed by atoms with Crippen LogP contribution in [0.15, 0.2) is 60.7 Å². The van der Waals surface area contributed by atoms with Crippen molar-refractivity contribution in [3.8, 4) is 0 Å². The van der Waals surface area contributed by atoms with Crippen LogP contribution in [-0.2, 0) is 10.3 Å². The number of carbonyl (C=O) groups excluding carboxylic acids is 2. The number of imide groups is 1. The molecular weight excluding hydrogens is 300 g/mol. The zero-order chi connectivity index (χ0) is 17.2. The molecule has 4 heteroatoms. The predicted octanol–water partition coefficient (Wildman–Crippen LogP) is 3.48. The van der Waals surface area contributed by atoms with E-state index < -0.39 is 5.54 Å². The molecule has 0 aromatic heterocycles. The number of carbonyl (C=O) groups is 2. The van der Waals surface area contributed by atoms with Crippen LogP contribution in [0.3, 0.4) is 0 Å². The first kappa shape index (κ1) is 16.0. The molecular formula is C20H20N2O2. The van der Waals surface area contributed by atoms with Crippen LogP contribution in [0.1, 0.15) is 23.6 Å². The standard InChI is InChI=1S/C20H20N2O2/c1-15-10-12-17(13-11-15)20(2)18(23)22(19(24)21-20)14-6-9-16-7-4-3-5-8-16/h3-13H,14H2,1-2H3,(H,21,24)/b9-6+. The number of benzene rings is 2. The molecule has 0 spiro atoms. The van der Waals surface area contributed by atoms with Crippen molar-refractivity contribution in [2.45, 2.75) is 19.4 Å². The summed E-state index contributed by atoms with van der Waals surface area (Å²) in [6.07, 6.45) is 3.73. The molecule has 1 aliphatic heterocycles. The summed E-state index contributed by atoms with van der Waals surface area (Å²) in [5, 5.41) is 2.82. The summed E-state index contributed by atoms with van der Waals surface area (Å²) in [4.78, 5) is 26.3. The number of rotatable bonds is 4. The van der Waals surface area contributed by atoms with Gasteiger partial charge < -0.3 is 5.32 Å². The van der Waals surface area contributed by atoms with Crippen LogP contribution in [0.25, 0.3) is 6.08 Å². The van der Waals surface area contributed by atoms with E-state index in [0.29, 0.717) is 0 Å². The number of nitrogens with one attached hydrogen (secondary N) is 1. The Morgan fingerprint density at radius 1 is 1.04 bits per heavy atom. The number of urea groups is 1. The third-order valence-electron chi connectivity index (χ3n) is 4.30. The first-order valence-corrected chi connectivity index (χ1v) is 7.93. The van der Waals surface area contributed by atoms with Gasteiger partial charge in [0.05, 0.1) is 0 Å². The van der Waals surface area contributed by atoms with Crippen molar-refractivity contribution < 1.29 is 9.59 Å². The Bertz CT molecular complexity index is 781. The van der Waals surface area contributed by atoms with E-state index in [0.717, 1.165) is 16.7 Å². The third-order valence-corrected chi connectivity index (χ3v) is 4.30. The van der Waals surface area contributed by atoms with Gasteiger partial charge in [0.25, 0.3) is 5.91 Å². The van der Waals surface area contributed by atoms with Gasteiger partial charge >= 0.3 is 6.03 Å². The molecule has 0 aliphatic carbocycles. The molecule has 4 nitrogen and oxygen atoms in total. The summed E-state index contributed by atoms with van der Waals surface area (Å²) >= 11 is 0. The fourth-order valence-electron chi connectivity index (χ4n) is 2.80. The molecule has 1 unspecified atom stereocenters. The van der Waals surface area contributed by atoms with E-state index in [1.54, 1.807) is 6.92 Å². The van der Waals surface area contributed by atoms with Crippen LogP contribution >= 0.6 is 0 Å². The Labute approximate surface area is 141 Å². The van der Waals surface area contributed by atoms with Gasteiger partial charge in [-0.2, -0.15) is 0 Å². The summed E-state index contributed by atoms with van der Waals surface area (Å²) in [5.74, 6) is -0.228. The zero-order valence-corrected chi connectivity index (χ0v) is 13.8. The van der Waals surface area contributed by atoms with Crippen molar-refractivity contribution in [3.63, 3.8) is 0 Å². The number of aryl methyl sites for hydroxylation is 1. The van der Waals surface area contributed by atoms with Crippen molar-refractivity contribution in [3.05, 3.63) is 77.4 Å². The Morgan fingerprint density at radius 2 is 1.71 bits per heavy atom. The highest BCUT2D eigenvalue weighted by Crippen LogP contribution is 2.28. The van der Waals surface area contributed by atoms with Gasteiger partial charge in [0, 0.05) is 6.54 Å². The normalized spacial score (nSPS) is 20.7. The van der Waals surface area contributed by atoms with Crippen molar-refractivity contribution in [1.82, 2.24) is 10.2 Å². The molecule has 0 saturated carbocycles. The lowest BCUT2D eigenvalue weighted by molar-refractivity contribution is -0.130. The van der Waals surface area contributed by atoms with Crippen LogP contribution < -0.4 is 5.32 Å². The van der Waals surface area contributed by atoms with Gasteiger partial charge in [0.1, 0.15) is 5.54 Å². The molecule has 3 rings (SSSR count). The largest absolute Gasteiger partial charge is 0.325 e. The van der Waals surface area contributed by atoms with Crippen molar-refractivity contribution in [2.75, 3.05) is 6.54 Å². The van der Waals surface area contributed by atoms with Crippen LogP contribution in [0, 0.1) is 6.92 Å². The van der Waals surface area contributed by atoms with Crippen LogP contribution in [0.5, 0.6) is 0 Å². The molecule has 1 aliphatic rings. The summed E-state index contributed by atoms with van der Waals surface area (Å²) in [5.41, 5.74) is 1.93. The second-order valence-corrected chi connectivity index (χ2v) is 6.15. The van der Waals surface area contributed by atoms with Crippen molar-refractivity contribution >= 4 is 18.0 Å². The van der Waals surface area contributed by atoms with Gasteiger partial charge in [0.2, 0.25) is 0 Å². The molecule has 2 aromatic rings. The third kappa shape index (κ3) is 2.95. The van der Waals surface area contributed by atoms with Crippen molar-refractivity contribution in [2.24, 2.45) is 0 Å². The molecule has 1 N–H and O–H groups in total. The van der Waals surface area contributed by atoms with Crippen molar-refractivity contribution in [1.29, 1.82) is 0 Å². The highest BCUT2D eigenvalue weighted by Gasteiger charge is 2.48. The average molecular weight is 320 g/mol. The van der Waals surface area contributed by atoms with Crippen LogP contribution in [-0.4, -0.2) is 23.4 Å². The highest BCUT2D eigenvalue weighted by atomic mass is 16.2. The van der Waals surface area contributed by atoms with Crippen LogP contribution in [0.2, 0.25) is 0 Å². The number of hydrogen-bond donors (Lipinski definition) is 1. The van der Waals surface area contributed by atoms with E-state index in [9.17, 15) is 9.59 Å². The Morgan fingerprint density at radius 3 is 2.38 bits per heavy atom. The lowest BCUT2D eigenvalue weighted by atomic mass is 9.91. The zero-order valence-electron chi connectivity index (χ0n) is 13.8. The molecule has 1 saturated heterocycles. The maximum Gasteiger partial charge on any atom is 0.325 e. The Hall–Kier alpha value is -2.88. The van der Waals surface area contributed by atoms with E-state index in [1.165, 1.54) is 4.90 Å². The van der Waals surface area contributed by atoms with Gasteiger partial charge in [-0.25, -0.2) is 4.79 Å². The number of nitrogens with zero attached hydrogens (tertiary/aromatic N) is 1. The van der Waals surface area contributed by atoms with Gasteiger partial charge in [-0.1, -0.05) is 72.3 Å². The Balaban J connectivity index is 1.76. The minimum atomic E-state index is -1.01. The molecule has 122 valence electrons. The monoisotopic (exact) mass is 320 g/mol. The molecule has 1 fully saturated rings. The summed E-state index contributed by atoms with van der Waals surface area (Å²) in [7, 11) is 0. The van der Waals surface area contributed by atoms with Gasteiger partial charge in [0.15, 0.2) is 0 Å². The maximum absolute atomic E-state index is 12.8. The fourth-order valence-corrected chi connectivity index (χ4v) is 2.80. The van der Waals surface area contributed by atoms with Gasteiger partial charge in [-0.05, 0) is 25.0 Å². The molecule has 2 aromatic carbocycles. The summed E-state index contributed by atoms with van der Waals surface area (Å²) in [6.45, 7) is 3.99. The topological polar surface area (TPSA) is 49.4 Å². The predicted molar refractivity (Wildman–Crippen MR) is 94.3 cm³/mol. The van der Waals surface area contributed by atoms with Gasteiger partial charge in [-0.3, -0.25) is 9.69 Å². The SMILES string of the molecule is Cc1ccc(C2(C)NC(=O)N(C/C=C/c3ccccc3)C2=O)cc1. The molecule has 1 atom stereocenters. The number of amides is 3. The second kappa shape index (κ2) is 6.32. The van der Waals surface area contributed by atoms with E-state index in [2.05, 4.69) is 5.32 Å². The molecule has 1 heterocycles. The highest BCUT2D eigenvalue weighted by molar-refractivity contribution is 6.07. The summed E-state index contributed by atoms with van der Waals surface area (Å²) in [6, 6.07) is 17.1. The quantitative estimate of drug-likeness (QED) is 0.877. The minimum Gasteiger partial charge on any atom is -0.319 e. The molecule has 24 heavy (non-hydrogen) atoms. The average Bonchev–Trinajstić information content (AvgIpc) is 2.80. The first-order valence-electron chi connectivity index (χ1n) is 7.93.